The number of ether oxygens (including phenoxy) is 1. The first kappa shape index (κ1) is 38.4. The Morgan fingerprint density at radius 2 is 1.76 bits per heavy atom. The molecule has 17 nitrogen and oxygen atoms in total. The average molecular weight is 705 g/mol. The Morgan fingerprint density at radius 3 is 2.41 bits per heavy atom. The number of benzene rings is 1. The Morgan fingerprint density at radius 1 is 1.06 bits per heavy atom. The third-order valence-electron chi connectivity index (χ3n) is 8.12. The summed E-state index contributed by atoms with van der Waals surface area (Å²) in [6.45, 7) is 13.1. The summed E-state index contributed by atoms with van der Waals surface area (Å²) < 4.78 is 7.89. The van der Waals surface area contributed by atoms with Crippen LogP contribution in [0.2, 0.25) is 0 Å². The van der Waals surface area contributed by atoms with E-state index in [1.165, 1.54) is 0 Å². The Balaban J connectivity index is 1.23. The van der Waals surface area contributed by atoms with Crippen LogP contribution >= 0.6 is 0 Å². The predicted molar refractivity (Wildman–Crippen MR) is 192 cm³/mol. The molecule has 3 aromatic heterocycles. The molecule has 3 heterocycles. The van der Waals surface area contributed by atoms with Gasteiger partial charge in [0.05, 0.1) is 36.3 Å². The topological polar surface area (TPSA) is 242 Å². The number of nitrogens with zero attached hydrogens (tertiary/aromatic N) is 8. The molecule has 0 saturated carbocycles. The van der Waals surface area contributed by atoms with Gasteiger partial charge < -0.3 is 36.8 Å². The van der Waals surface area contributed by atoms with Crippen molar-refractivity contribution in [2.45, 2.75) is 97.0 Å². The normalized spacial score (nSPS) is 12.5. The summed E-state index contributed by atoms with van der Waals surface area (Å²) in [6, 6.07) is 5.38. The van der Waals surface area contributed by atoms with Crippen LogP contribution in [0.5, 0.6) is 0 Å². The van der Waals surface area contributed by atoms with Crippen LogP contribution in [0.25, 0.3) is 11.2 Å². The molecule has 0 spiro atoms. The number of aliphatic carboxylic acids is 1. The number of hydrogen-bond acceptors (Lipinski definition) is 13. The number of carboxylic acids is 1. The molecule has 0 saturated heterocycles. The highest BCUT2D eigenvalue weighted by atomic mass is 16.5. The Labute approximate surface area is 296 Å². The van der Waals surface area contributed by atoms with Crippen molar-refractivity contribution in [2.24, 2.45) is 0 Å². The quantitative estimate of drug-likeness (QED) is 0.106. The molecule has 274 valence electrons. The van der Waals surface area contributed by atoms with Gasteiger partial charge in [-0.15, -0.1) is 5.10 Å². The summed E-state index contributed by atoms with van der Waals surface area (Å²) in [4.78, 5) is 56.4. The fourth-order valence-corrected chi connectivity index (χ4v) is 5.21. The number of amides is 2. The first-order valence-corrected chi connectivity index (χ1v) is 16.7. The average Bonchev–Trinajstić information content (AvgIpc) is 3.50. The first-order valence-electron chi connectivity index (χ1n) is 16.7. The van der Waals surface area contributed by atoms with Gasteiger partial charge in [0, 0.05) is 43.1 Å². The number of carbonyl (C=O) groups is 3. The van der Waals surface area contributed by atoms with Crippen LogP contribution in [0.3, 0.4) is 0 Å². The molecule has 0 fully saturated rings. The van der Waals surface area contributed by atoms with Crippen molar-refractivity contribution in [1.29, 1.82) is 0 Å². The van der Waals surface area contributed by atoms with E-state index in [0.29, 0.717) is 43.0 Å². The third kappa shape index (κ3) is 11.0. The van der Waals surface area contributed by atoms with Crippen LogP contribution in [0, 0.1) is 0 Å². The van der Waals surface area contributed by atoms with E-state index in [4.69, 9.17) is 16.2 Å². The standard InChI is InChI=1S/C34H48N12O5/c1-20(2)25-18-46(44-43-25)19-34(5,6)51-15-14-33(3,4)42-26(47)13-12-24(31(49)50)39-30(48)21-8-10-23(11-9-21)45(7)17-22-16-37-29-27(38-22)28(35)40-32(36)41-29/h8-11,16,18,20,24H,12-15,17,19H2,1-7H3,(H,39,48)(H,42,47)(H,49,50)(H4,35,36,37,40,41). The number of hydrogen-bond donors (Lipinski definition) is 5. The minimum atomic E-state index is -1.26. The molecule has 1 atom stereocenters. The Hall–Kier alpha value is -5.45. The second-order valence-electron chi connectivity index (χ2n) is 14.1. The maximum atomic E-state index is 13.0. The number of carboxylic acid groups (broad SMARTS) is 1. The number of rotatable bonds is 17. The molecule has 0 bridgehead atoms. The van der Waals surface area contributed by atoms with Gasteiger partial charge in [-0.05, 0) is 70.7 Å². The van der Waals surface area contributed by atoms with E-state index < -0.39 is 29.1 Å². The number of fused-ring (bicyclic) bond motifs is 1. The second kappa shape index (κ2) is 16.1. The lowest BCUT2D eigenvalue weighted by atomic mass is 10.00. The predicted octanol–water partition coefficient (Wildman–Crippen LogP) is 2.68. The lowest BCUT2D eigenvalue weighted by Gasteiger charge is -2.30. The van der Waals surface area contributed by atoms with Crippen LogP contribution in [0.15, 0.2) is 36.7 Å². The van der Waals surface area contributed by atoms with E-state index in [2.05, 4.69) is 54.7 Å². The van der Waals surface area contributed by atoms with Gasteiger partial charge in [-0.3, -0.25) is 9.59 Å². The van der Waals surface area contributed by atoms with E-state index in [0.717, 1.165) is 11.4 Å². The van der Waals surface area contributed by atoms with Gasteiger partial charge in [-0.1, -0.05) is 19.1 Å². The van der Waals surface area contributed by atoms with Gasteiger partial charge in [-0.2, -0.15) is 9.97 Å². The molecule has 0 aliphatic heterocycles. The molecule has 1 aromatic carbocycles. The number of nitrogens with one attached hydrogen (secondary N) is 2. The fourth-order valence-electron chi connectivity index (χ4n) is 5.21. The summed E-state index contributed by atoms with van der Waals surface area (Å²) in [5.74, 6) is -1.70. The van der Waals surface area contributed by atoms with Gasteiger partial charge in [0.1, 0.15) is 6.04 Å². The number of nitrogens with two attached hydrogens (primary N) is 2. The van der Waals surface area contributed by atoms with Crippen molar-refractivity contribution in [3.63, 3.8) is 0 Å². The van der Waals surface area contributed by atoms with Crippen LogP contribution in [-0.4, -0.2) is 88.7 Å². The van der Waals surface area contributed by atoms with Crippen molar-refractivity contribution in [2.75, 3.05) is 30.0 Å². The highest BCUT2D eigenvalue weighted by molar-refractivity contribution is 5.97. The maximum Gasteiger partial charge on any atom is 0.326 e. The van der Waals surface area contributed by atoms with Gasteiger partial charge >= 0.3 is 5.97 Å². The molecule has 0 aliphatic carbocycles. The van der Waals surface area contributed by atoms with Crippen molar-refractivity contribution >= 4 is 46.4 Å². The summed E-state index contributed by atoms with van der Waals surface area (Å²) in [6.07, 6.45) is 3.83. The minimum absolute atomic E-state index is 0.0153. The van der Waals surface area contributed by atoms with Crippen LogP contribution in [0.4, 0.5) is 17.5 Å². The molecule has 51 heavy (non-hydrogen) atoms. The van der Waals surface area contributed by atoms with Crippen LogP contribution in [0.1, 0.15) is 88.5 Å². The number of carbonyl (C=O) groups excluding carboxylic acids is 2. The molecule has 4 rings (SSSR count). The summed E-state index contributed by atoms with van der Waals surface area (Å²) in [7, 11) is 1.84. The van der Waals surface area contributed by atoms with E-state index in [9.17, 15) is 19.5 Å². The molecule has 17 heteroatoms. The Bertz CT molecular complexity index is 1840. The van der Waals surface area contributed by atoms with E-state index in [-0.39, 0.29) is 42.0 Å². The number of nitrogen functional groups attached to an aromatic ring is 2. The molecule has 0 aliphatic rings. The smallest absolute Gasteiger partial charge is 0.326 e. The summed E-state index contributed by atoms with van der Waals surface area (Å²) in [5, 5.41) is 23.6. The van der Waals surface area contributed by atoms with Gasteiger partial charge in [0.25, 0.3) is 5.91 Å². The second-order valence-corrected chi connectivity index (χ2v) is 14.1. The zero-order valence-corrected chi connectivity index (χ0v) is 30.2. The molecule has 2 amide bonds. The van der Waals surface area contributed by atoms with E-state index in [1.807, 2.05) is 45.8 Å². The first-order chi connectivity index (χ1) is 23.9. The molecule has 7 N–H and O–H groups in total. The van der Waals surface area contributed by atoms with Crippen molar-refractivity contribution < 1.29 is 24.2 Å². The summed E-state index contributed by atoms with van der Waals surface area (Å²) in [5.41, 5.74) is 13.6. The molecular weight excluding hydrogens is 656 g/mol. The largest absolute Gasteiger partial charge is 0.480 e. The fraction of sp³-hybridized carbons (Fsp3) is 0.500. The van der Waals surface area contributed by atoms with Crippen molar-refractivity contribution in [3.05, 3.63) is 53.6 Å². The number of aromatic nitrogens is 7. The highest BCUT2D eigenvalue weighted by Crippen LogP contribution is 2.20. The zero-order chi connectivity index (χ0) is 37.5. The monoisotopic (exact) mass is 704 g/mol. The van der Waals surface area contributed by atoms with Crippen molar-refractivity contribution in [3.8, 4) is 0 Å². The molecule has 0 radical (unpaired) electrons. The lowest BCUT2D eigenvalue weighted by Crippen LogP contribution is -2.46. The minimum Gasteiger partial charge on any atom is -0.480 e. The van der Waals surface area contributed by atoms with E-state index >= 15 is 0 Å². The van der Waals surface area contributed by atoms with Crippen LogP contribution < -0.4 is 27.0 Å². The third-order valence-corrected chi connectivity index (χ3v) is 8.12. The SMILES string of the molecule is CC(C)c1cn(CC(C)(C)OCCC(C)(C)NC(=O)CCC(NC(=O)c2ccc(N(C)Cc3cnc4nc(N)nc(N)c4n3)cc2)C(=O)O)nn1. The summed E-state index contributed by atoms with van der Waals surface area (Å²) >= 11 is 0. The van der Waals surface area contributed by atoms with Crippen LogP contribution in [-0.2, 0) is 27.4 Å². The van der Waals surface area contributed by atoms with Gasteiger partial charge in [0.15, 0.2) is 17.0 Å². The van der Waals surface area contributed by atoms with E-state index in [1.54, 1.807) is 35.1 Å². The highest BCUT2D eigenvalue weighted by Gasteiger charge is 2.27. The maximum absolute atomic E-state index is 13.0. The van der Waals surface area contributed by atoms with Gasteiger partial charge in [0.2, 0.25) is 11.9 Å². The lowest BCUT2D eigenvalue weighted by molar-refractivity contribution is -0.139. The van der Waals surface area contributed by atoms with Crippen molar-refractivity contribution in [1.82, 2.24) is 45.6 Å². The van der Waals surface area contributed by atoms with Gasteiger partial charge in [-0.25, -0.2) is 19.4 Å². The zero-order valence-electron chi connectivity index (χ0n) is 30.2. The number of anilines is 3. The molecule has 4 aromatic rings. The Kier molecular flexibility index (Phi) is 12.1. The molecule has 1 unspecified atom stereocenters. The molecular formula is C34H48N12O5.